The molecule has 2 aromatic rings. The van der Waals surface area contributed by atoms with Crippen molar-refractivity contribution >= 4 is 29.2 Å². The van der Waals surface area contributed by atoms with Crippen LogP contribution in [0.15, 0.2) is 42.5 Å². The van der Waals surface area contributed by atoms with Crippen molar-refractivity contribution < 1.29 is 9.59 Å². The SMILES string of the molecule is Cc1ccc(CN2C(=O)C3C(NC4N(c5ccc(C)c(Cl)c5)CCCN34)N(C)C2=O)cc1. The maximum Gasteiger partial charge on any atom is 0.328 e. The van der Waals surface area contributed by atoms with E-state index in [9.17, 15) is 9.59 Å². The fourth-order valence-corrected chi connectivity index (χ4v) is 5.14. The van der Waals surface area contributed by atoms with Gasteiger partial charge in [-0.15, -0.1) is 0 Å². The molecule has 5 rings (SSSR count). The zero-order valence-corrected chi connectivity index (χ0v) is 19.3. The van der Waals surface area contributed by atoms with Crippen LogP contribution in [-0.2, 0) is 11.3 Å². The lowest BCUT2D eigenvalue weighted by Crippen LogP contribution is -2.66. The third kappa shape index (κ3) is 3.45. The van der Waals surface area contributed by atoms with Crippen LogP contribution in [0.2, 0.25) is 5.02 Å². The molecule has 2 aromatic carbocycles. The van der Waals surface area contributed by atoms with Gasteiger partial charge in [0.25, 0.3) is 5.91 Å². The molecule has 8 heteroatoms. The Morgan fingerprint density at radius 1 is 1.06 bits per heavy atom. The molecule has 0 radical (unpaired) electrons. The predicted molar refractivity (Wildman–Crippen MR) is 124 cm³/mol. The molecule has 3 heterocycles. The number of rotatable bonds is 3. The molecule has 0 aliphatic carbocycles. The van der Waals surface area contributed by atoms with Crippen molar-refractivity contribution in [2.75, 3.05) is 25.0 Å². The standard InChI is InChI=1S/C24H28ClN5O2/c1-15-5-8-17(9-6-15)14-30-22(31)20-21(27(3)24(30)32)26-23-28(11-4-12-29(20)23)18-10-7-16(2)19(25)13-18/h5-10,13,20-21,23,26H,4,11-12,14H2,1-3H3. The second-order valence-corrected chi connectivity index (χ2v) is 9.36. The average Bonchev–Trinajstić information content (AvgIpc) is 3.18. The van der Waals surface area contributed by atoms with Crippen molar-refractivity contribution in [2.24, 2.45) is 0 Å². The van der Waals surface area contributed by atoms with Gasteiger partial charge in [0.1, 0.15) is 18.5 Å². The highest BCUT2D eigenvalue weighted by atomic mass is 35.5. The minimum absolute atomic E-state index is 0.141. The average molecular weight is 454 g/mol. The van der Waals surface area contributed by atoms with E-state index in [0.29, 0.717) is 0 Å². The number of nitrogens with zero attached hydrogens (tertiary/aromatic N) is 4. The van der Waals surface area contributed by atoms with Gasteiger partial charge in [-0.1, -0.05) is 47.5 Å². The van der Waals surface area contributed by atoms with Crippen LogP contribution < -0.4 is 10.2 Å². The molecular weight excluding hydrogens is 426 g/mol. The summed E-state index contributed by atoms with van der Waals surface area (Å²) in [5.41, 5.74) is 4.14. The third-order valence-electron chi connectivity index (χ3n) is 6.82. The van der Waals surface area contributed by atoms with Gasteiger partial charge in [-0.3, -0.25) is 19.9 Å². The normalized spacial score (nSPS) is 25.9. The molecular formula is C24H28ClN5O2. The molecule has 3 aliphatic rings. The third-order valence-corrected chi connectivity index (χ3v) is 7.23. The zero-order valence-electron chi connectivity index (χ0n) is 18.6. The van der Waals surface area contributed by atoms with E-state index in [1.165, 1.54) is 4.90 Å². The number of nitrogens with one attached hydrogen (secondary N) is 1. The molecule has 3 saturated heterocycles. The molecule has 7 nitrogen and oxygen atoms in total. The van der Waals surface area contributed by atoms with E-state index in [0.717, 1.165) is 46.9 Å². The molecule has 3 unspecified atom stereocenters. The number of benzene rings is 2. The van der Waals surface area contributed by atoms with Crippen LogP contribution >= 0.6 is 11.6 Å². The minimum Gasteiger partial charge on any atom is -0.343 e. The highest BCUT2D eigenvalue weighted by molar-refractivity contribution is 6.31. The largest absolute Gasteiger partial charge is 0.343 e. The Bertz CT molecular complexity index is 1060. The first kappa shape index (κ1) is 21.2. The number of imide groups is 1. The zero-order chi connectivity index (χ0) is 22.6. The van der Waals surface area contributed by atoms with Crippen LogP contribution in [0.25, 0.3) is 0 Å². The number of hydrogen-bond donors (Lipinski definition) is 1. The van der Waals surface area contributed by atoms with E-state index in [1.54, 1.807) is 11.9 Å². The van der Waals surface area contributed by atoms with Crippen LogP contribution in [0, 0.1) is 13.8 Å². The lowest BCUT2D eigenvalue weighted by molar-refractivity contribution is -0.139. The van der Waals surface area contributed by atoms with Gasteiger partial charge in [-0.2, -0.15) is 0 Å². The summed E-state index contributed by atoms with van der Waals surface area (Å²) in [6.45, 7) is 5.93. The maximum absolute atomic E-state index is 13.6. The summed E-state index contributed by atoms with van der Waals surface area (Å²) in [5.74, 6) is -0.141. The van der Waals surface area contributed by atoms with Crippen LogP contribution in [0.3, 0.4) is 0 Å². The number of likely N-dealkylation sites (N-methyl/N-ethyl adjacent to an activating group) is 1. The van der Waals surface area contributed by atoms with Gasteiger partial charge in [0.15, 0.2) is 0 Å². The number of aryl methyl sites for hydroxylation is 2. The van der Waals surface area contributed by atoms with E-state index in [-0.39, 0.29) is 30.9 Å². The molecule has 3 aliphatic heterocycles. The molecule has 3 atom stereocenters. The van der Waals surface area contributed by atoms with Gasteiger partial charge in [0.2, 0.25) is 0 Å². The smallest absolute Gasteiger partial charge is 0.328 e. The van der Waals surface area contributed by atoms with Crippen molar-refractivity contribution in [1.29, 1.82) is 0 Å². The van der Waals surface area contributed by atoms with Crippen LogP contribution in [0.1, 0.15) is 23.1 Å². The van der Waals surface area contributed by atoms with E-state index in [4.69, 9.17) is 11.6 Å². The number of fused-ring (bicyclic) bond motifs is 3. The second-order valence-electron chi connectivity index (χ2n) is 8.95. The lowest BCUT2D eigenvalue weighted by atomic mass is 10.1. The summed E-state index contributed by atoms with van der Waals surface area (Å²) >= 11 is 6.39. The molecule has 1 N–H and O–H groups in total. The van der Waals surface area contributed by atoms with Crippen LogP contribution in [0.4, 0.5) is 10.5 Å². The van der Waals surface area contributed by atoms with Crippen molar-refractivity contribution in [3.63, 3.8) is 0 Å². The minimum atomic E-state index is -0.420. The fourth-order valence-electron chi connectivity index (χ4n) is 4.97. The first-order chi connectivity index (χ1) is 15.3. The van der Waals surface area contributed by atoms with Gasteiger partial charge in [0, 0.05) is 30.8 Å². The summed E-state index contributed by atoms with van der Waals surface area (Å²) in [7, 11) is 1.77. The maximum atomic E-state index is 13.6. The van der Waals surface area contributed by atoms with Crippen molar-refractivity contribution in [3.8, 4) is 0 Å². The molecule has 168 valence electrons. The number of urea groups is 1. The van der Waals surface area contributed by atoms with Crippen LogP contribution in [0.5, 0.6) is 0 Å². The number of anilines is 1. The molecule has 3 amide bonds. The number of hydrogen-bond acceptors (Lipinski definition) is 5. The summed E-state index contributed by atoms with van der Waals surface area (Å²) in [5, 5.41) is 4.27. The van der Waals surface area contributed by atoms with Gasteiger partial charge in [-0.05, 0) is 43.5 Å². The highest BCUT2D eigenvalue weighted by Crippen LogP contribution is 2.34. The van der Waals surface area contributed by atoms with Gasteiger partial charge in [-0.25, -0.2) is 4.79 Å². The molecule has 3 fully saturated rings. The van der Waals surface area contributed by atoms with Crippen LogP contribution in [-0.4, -0.2) is 65.3 Å². The van der Waals surface area contributed by atoms with E-state index in [1.807, 2.05) is 50.2 Å². The summed E-state index contributed by atoms with van der Waals surface area (Å²) in [6, 6.07) is 13.3. The first-order valence-electron chi connectivity index (χ1n) is 11.0. The summed E-state index contributed by atoms with van der Waals surface area (Å²) in [4.78, 5) is 34.2. The molecule has 32 heavy (non-hydrogen) atoms. The Morgan fingerprint density at radius 2 is 1.81 bits per heavy atom. The monoisotopic (exact) mass is 453 g/mol. The molecule has 0 saturated carbocycles. The lowest BCUT2D eigenvalue weighted by Gasteiger charge is -2.44. The number of halogens is 1. The number of amides is 3. The Balaban J connectivity index is 1.43. The molecule has 0 bridgehead atoms. The molecule has 0 aromatic heterocycles. The Hall–Kier alpha value is -2.61. The molecule has 0 spiro atoms. The number of carbonyl (C=O) groups is 2. The van der Waals surface area contributed by atoms with Gasteiger partial charge >= 0.3 is 6.03 Å². The Morgan fingerprint density at radius 3 is 2.53 bits per heavy atom. The predicted octanol–water partition coefficient (Wildman–Crippen LogP) is 3.14. The highest BCUT2D eigenvalue weighted by Gasteiger charge is 2.56. The number of carbonyl (C=O) groups excluding carboxylic acids is 2. The van der Waals surface area contributed by atoms with E-state index >= 15 is 0 Å². The quantitative estimate of drug-likeness (QED) is 0.773. The second kappa shape index (κ2) is 8.06. The van der Waals surface area contributed by atoms with Gasteiger partial charge in [0.05, 0.1) is 6.54 Å². The van der Waals surface area contributed by atoms with E-state index < -0.39 is 6.04 Å². The Labute approximate surface area is 193 Å². The fraction of sp³-hybridized carbons (Fsp3) is 0.417. The van der Waals surface area contributed by atoms with Crippen molar-refractivity contribution in [2.45, 2.75) is 45.3 Å². The first-order valence-corrected chi connectivity index (χ1v) is 11.4. The van der Waals surface area contributed by atoms with Crippen molar-refractivity contribution in [3.05, 3.63) is 64.2 Å². The Kier molecular flexibility index (Phi) is 5.35. The van der Waals surface area contributed by atoms with E-state index in [2.05, 4.69) is 21.2 Å². The van der Waals surface area contributed by atoms with Gasteiger partial charge < -0.3 is 9.80 Å². The van der Waals surface area contributed by atoms with Crippen molar-refractivity contribution in [1.82, 2.24) is 20.0 Å². The summed E-state index contributed by atoms with van der Waals surface area (Å²) < 4.78 is 0. The topological polar surface area (TPSA) is 59.1 Å². The summed E-state index contributed by atoms with van der Waals surface area (Å²) in [6.07, 6.45) is 0.391.